The molecule has 1 aromatic rings. The van der Waals surface area contributed by atoms with Gasteiger partial charge in [-0.2, -0.15) is 0 Å². The van der Waals surface area contributed by atoms with Crippen molar-refractivity contribution in [2.24, 2.45) is 0 Å². The van der Waals surface area contributed by atoms with E-state index in [2.05, 4.69) is 26.2 Å². The molecule has 1 rings (SSSR count). The Hall–Kier alpha value is -1.10. The van der Waals surface area contributed by atoms with E-state index in [1.54, 1.807) is 6.07 Å². The van der Waals surface area contributed by atoms with Gasteiger partial charge in [0.2, 0.25) is 0 Å². The number of H-pyrrole nitrogens is 1. The van der Waals surface area contributed by atoms with Gasteiger partial charge in [-0.1, -0.05) is 20.3 Å². The number of hydrogen-bond donors (Lipinski definition) is 2. The number of amides is 1. The molecule has 0 aliphatic carbocycles. The number of aromatic nitrogens is 1. The van der Waals surface area contributed by atoms with Crippen LogP contribution in [0, 0.1) is 0 Å². The van der Waals surface area contributed by atoms with Crippen LogP contribution >= 0.6 is 15.9 Å². The smallest absolute Gasteiger partial charge is 0.261 e. The average molecular weight is 315 g/mol. The van der Waals surface area contributed by atoms with Crippen LogP contribution in [-0.2, 0) is 6.42 Å². The van der Waals surface area contributed by atoms with Crippen LogP contribution in [0.25, 0.3) is 0 Å². The van der Waals surface area contributed by atoms with E-state index in [1.165, 1.54) is 0 Å². The Labute approximate surface area is 115 Å². The van der Waals surface area contributed by atoms with Gasteiger partial charge in [-0.25, -0.2) is 0 Å². The molecular formula is C13H19BrN2O2. The fraction of sp³-hybridized carbons (Fsp3) is 0.538. The number of pyridine rings is 1. The fourth-order valence-electron chi connectivity index (χ4n) is 1.55. The van der Waals surface area contributed by atoms with Crippen LogP contribution in [0.15, 0.2) is 15.3 Å². The molecule has 0 saturated heterocycles. The number of hydrogen-bond acceptors (Lipinski definition) is 2. The molecule has 1 aromatic heterocycles. The first-order chi connectivity index (χ1) is 8.49. The Bertz CT molecular complexity index is 482. The van der Waals surface area contributed by atoms with E-state index in [-0.39, 0.29) is 23.1 Å². The largest absolute Gasteiger partial charge is 0.349 e. The Morgan fingerprint density at radius 1 is 1.50 bits per heavy atom. The Kier molecular flexibility index (Phi) is 5.59. The minimum absolute atomic E-state index is 0.0611. The lowest BCUT2D eigenvalue weighted by Gasteiger charge is -2.11. The van der Waals surface area contributed by atoms with E-state index in [0.717, 1.165) is 29.4 Å². The van der Waals surface area contributed by atoms with Crippen molar-refractivity contribution in [1.29, 1.82) is 0 Å². The van der Waals surface area contributed by atoms with Crippen molar-refractivity contribution in [3.05, 3.63) is 32.2 Å². The molecule has 0 aromatic carbocycles. The zero-order chi connectivity index (χ0) is 13.7. The molecule has 0 spiro atoms. The number of carbonyl (C=O) groups excluding carboxylic acids is 1. The third-order valence-corrected chi connectivity index (χ3v) is 3.51. The SMILES string of the molecule is CCCc1[nH]c(=O)c(C(=O)N[C@H](C)CC)cc1Br. The van der Waals surface area contributed by atoms with E-state index < -0.39 is 0 Å². The monoisotopic (exact) mass is 314 g/mol. The van der Waals surface area contributed by atoms with Crippen molar-refractivity contribution in [2.45, 2.75) is 46.1 Å². The van der Waals surface area contributed by atoms with E-state index in [0.29, 0.717) is 0 Å². The zero-order valence-corrected chi connectivity index (χ0v) is 12.6. The predicted octanol–water partition coefficient (Wildman–Crippen LogP) is 2.62. The van der Waals surface area contributed by atoms with Gasteiger partial charge in [0, 0.05) is 16.2 Å². The maximum Gasteiger partial charge on any atom is 0.261 e. The molecule has 0 aliphatic rings. The van der Waals surface area contributed by atoms with E-state index in [4.69, 9.17) is 0 Å². The Morgan fingerprint density at radius 3 is 2.72 bits per heavy atom. The van der Waals surface area contributed by atoms with Crippen LogP contribution in [0.2, 0.25) is 0 Å². The number of aromatic amines is 1. The van der Waals surface area contributed by atoms with Crippen LogP contribution in [0.1, 0.15) is 49.7 Å². The van der Waals surface area contributed by atoms with Gasteiger partial charge in [0.05, 0.1) is 0 Å². The van der Waals surface area contributed by atoms with Crippen molar-refractivity contribution in [1.82, 2.24) is 10.3 Å². The van der Waals surface area contributed by atoms with Crippen molar-refractivity contribution in [2.75, 3.05) is 0 Å². The fourth-order valence-corrected chi connectivity index (χ4v) is 2.07. The highest BCUT2D eigenvalue weighted by Gasteiger charge is 2.14. The maximum absolute atomic E-state index is 11.9. The highest BCUT2D eigenvalue weighted by molar-refractivity contribution is 9.10. The van der Waals surface area contributed by atoms with Crippen LogP contribution < -0.4 is 10.9 Å². The molecule has 1 heterocycles. The highest BCUT2D eigenvalue weighted by atomic mass is 79.9. The molecule has 0 radical (unpaired) electrons. The molecule has 0 bridgehead atoms. The van der Waals surface area contributed by atoms with Gasteiger partial charge in [0.1, 0.15) is 5.56 Å². The standard InChI is InChI=1S/C13H19BrN2O2/c1-4-6-11-10(14)7-9(13(18)16-11)12(17)15-8(3)5-2/h7-8H,4-6H2,1-3H3,(H,15,17)(H,16,18)/t8-/m1/s1. The quantitative estimate of drug-likeness (QED) is 0.877. The Morgan fingerprint density at radius 2 is 2.17 bits per heavy atom. The third kappa shape index (κ3) is 3.70. The number of nitrogens with one attached hydrogen (secondary N) is 2. The average Bonchev–Trinajstić information content (AvgIpc) is 2.33. The number of aryl methyl sites for hydroxylation is 1. The Balaban J connectivity index is 3.00. The normalized spacial score (nSPS) is 12.2. The minimum Gasteiger partial charge on any atom is -0.349 e. The van der Waals surface area contributed by atoms with Crippen molar-refractivity contribution in [3.8, 4) is 0 Å². The van der Waals surface area contributed by atoms with Crippen molar-refractivity contribution in [3.63, 3.8) is 0 Å². The molecule has 1 atom stereocenters. The van der Waals surface area contributed by atoms with Gasteiger partial charge in [-0.05, 0) is 41.8 Å². The topological polar surface area (TPSA) is 62.0 Å². The first kappa shape index (κ1) is 15.0. The second-order valence-corrected chi connectivity index (χ2v) is 5.23. The van der Waals surface area contributed by atoms with Crippen molar-refractivity contribution < 1.29 is 4.79 Å². The molecule has 0 aliphatic heterocycles. The van der Waals surface area contributed by atoms with Gasteiger partial charge >= 0.3 is 0 Å². The first-order valence-corrected chi connectivity index (χ1v) is 7.01. The summed E-state index contributed by atoms with van der Waals surface area (Å²) in [4.78, 5) is 26.5. The summed E-state index contributed by atoms with van der Waals surface area (Å²) >= 11 is 3.38. The second kappa shape index (κ2) is 6.73. The summed E-state index contributed by atoms with van der Waals surface area (Å²) in [6.07, 6.45) is 2.55. The molecule has 0 unspecified atom stereocenters. The summed E-state index contributed by atoms with van der Waals surface area (Å²) in [5, 5.41) is 2.79. The van der Waals surface area contributed by atoms with Crippen LogP contribution in [-0.4, -0.2) is 16.9 Å². The predicted molar refractivity (Wildman–Crippen MR) is 76.0 cm³/mol. The van der Waals surface area contributed by atoms with Crippen molar-refractivity contribution >= 4 is 21.8 Å². The van der Waals surface area contributed by atoms with Gasteiger partial charge in [0.15, 0.2) is 0 Å². The van der Waals surface area contributed by atoms with Gasteiger partial charge in [0.25, 0.3) is 11.5 Å². The highest BCUT2D eigenvalue weighted by Crippen LogP contribution is 2.15. The maximum atomic E-state index is 11.9. The third-order valence-electron chi connectivity index (χ3n) is 2.80. The number of carbonyl (C=O) groups is 1. The number of halogens is 1. The molecule has 0 saturated carbocycles. The summed E-state index contributed by atoms with van der Waals surface area (Å²) in [7, 11) is 0. The molecular weight excluding hydrogens is 296 g/mol. The van der Waals surface area contributed by atoms with E-state index >= 15 is 0 Å². The summed E-state index contributed by atoms with van der Waals surface area (Å²) < 4.78 is 0.776. The lowest BCUT2D eigenvalue weighted by Crippen LogP contribution is -2.35. The molecule has 1 amide bonds. The molecule has 0 fully saturated rings. The van der Waals surface area contributed by atoms with Gasteiger partial charge in [-0.15, -0.1) is 0 Å². The van der Waals surface area contributed by atoms with E-state index in [1.807, 2.05) is 20.8 Å². The first-order valence-electron chi connectivity index (χ1n) is 6.22. The number of rotatable bonds is 5. The summed E-state index contributed by atoms with van der Waals surface area (Å²) in [5.74, 6) is -0.325. The van der Waals surface area contributed by atoms with Gasteiger partial charge in [-0.3, -0.25) is 9.59 Å². The summed E-state index contributed by atoms with van der Waals surface area (Å²) in [5.41, 5.74) is 0.659. The van der Waals surface area contributed by atoms with Crippen LogP contribution in [0.5, 0.6) is 0 Å². The summed E-state index contributed by atoms with van der Waals surface area (Å²) in [6.45, 7) is 5.93. The lowest BCUT2D eigenvalue weighted by atomic mass is 10.1. The summed E-state index contributed by atoms with van der Waals surface area (Å²) in [6, 6.07) is 1.66. The molecule has 100 valence electrons. The van der Waals surface area contributed by atoms with Crippen LogP contribution in [0.4, 0.5) is 0 Å². The minimum atomic E-state index is -0.331. The zero-order valence-electron chi connectivity index (χ0n) is 11.0. The lowest BCUT2D eigenvalue weighted by molar-refractivity contribution is 0.0937. The molecule has 4 nitrogen and oxygen atoms in total. The molecule has 2 N–H and O–H groups in total. The van der Waals surface area contributed by atoms with E-state index in [9.17, 15) is 9.59 Å². The molecule has 5 heteroatoms. The second-order valence-electron chi connectivity index (χ2n) is 4.37. The molecule has 18 heavy (non-hydrogen) atoms. The van der Waals surface area contributed by atoms with Crippen LogP contribution in [0.3, 0.4) is 0 Å². The van der Waals surface area contributed by atoms with Gasteiger partial charge < -0.3 is 10.3 Å².